The molecule has 0 radical (unpaired) electrons. The van der Waals surface area contributed by atoms with Crippen LogP contribution in [0.1, 0.15) is 11.3 Å². The van der Waals surface area contributed by atoms with Crippen molar-refractivity contribution in [3.05, 3.63) is 47.7 Å². The Labute approximate surface area is 155 Å². The SMILES string of the molecule is Cc1ccc(-c2ccc(CN3C[C@@H](CS(=O)(=O)N(C)C)[C@@H](O)C3)o2)cc1. The summed E-state index contributed by atoms with van der Waals surface area (Å²) in [6.07, 6.45) is -0.642. The summed E-state index contributed by atoms with van der Waals surface area (Å²) < 4.78 is 31.3. The lowest BCUT2D eigenvalue weighted by molar-refractivity contribution is 0.147. The van der Waals surface area contributed by atoms with Gasteiger partial charge < -0.3 is 9.52 Å². The van der Waals surface area contributed by atoms with Gasteiger partial charge in [-0.05, 0) is 19.1 Å². The molecule has 7 heteroatoms. The molecule has 0 spiro atoms. The number of sulfonamides is 1. The quantitative estimate of drug-likeness (QED) is 0.832. The standard InChI is InChI=1S/C19H26N2O4S/c1-14-4-6-15(7-5-14)19-9-8-17(25-19)11-21-10-16(18(22)12-21)13-26(23,24)20(2)3/h4-9,16,18,22H,10-13H2,1-3H3/t16-,18-/m0/s1. The number of hydrogen-bond acceptors (Lipinski definition) is 5. The van der Waals surface area contributed by atoms with Gasteiger partial charge in [0.05, 0.1) is 18.4 Å². The van der Waals surface area contributed by atoms with Crippen LogP contribution in [0.15, 0.2) is 40.8 Å². The number of benzene rings is 1. The number of furan rings is 1. The molecule has 0 bridgehead atoms. The largest absolute Gasteiger partial charge is 0.460 e. The second-order valence-electron chi connectivity index (χ2n) is 7.21. The highest BCUT2D eigenvalue weighted by Gasteiger charge is 2.35. The Kier molecular flexibility index (Phi) is 5.53. The van der Waals surface area contributed by atoms with Crippen LogP contribution >= 0.6 is 0 Å². The van der Waals surface area contributed by atoms with Gasteiger partial charge in [0.25, 0.3) is 0 Å². The molecule has 1 aliphatic heterocycles. The number of nitrogens with zero attached hydrogens (tertiary/aromatic N) is 2. The number of aliphatic hydroxyl groups is 1. The van der Waals surface area contributed by atoms with Gasteiger partial charge in [0.2, 0.25) is 10.0 Å². The third-order valence-electron chi connectivity index (χ3n) is 4.84. The van der Waals surface area contributed by atoms with E-state index < -0.39 is 16.1 Å². The number of aryl methyl sites for hydroxylation is 1. The molecule has 1 N–H and O–H groups in total. The van der Waals surface area contributed by atoms with Crippen molar-refractivity contribution in [1.82, 2.24) is 9.21 Å². The number of β-amino-alcohol motifs (C(OH)–C–C–N with tert-alkyl or cyclic N) is 1. The maximum Gasteiger partial charge on any atom is 0.214 e. The van der Waals surface area contributed by atoms with Gasteiger partial charge in [-0.15, -0.1) is 0 Å². The zero-order valence-electron chi connectivity index (χ0n) is 15.4. The molecule has 2 heterocycles. The number of aliphatic hydroxyl groups excluding tert-OH is 1. The Hall–Kier alpha value is -1.67. The predicted octanol–water partition coefficient (Wildman–Crippen LogP) is 1.94. The Morgan fingerprint density at radius 3 is 2.50 bits per heavy atom. The normalized spacial score (nSPS) is 21.6. The zero-order chi connectivity index (χ0) is 18.9. The highest BCUT2D eigenvalue weighted by atomic mass is 32.2. The minimum atomic E-state index is -3.32. The van der Waals surface area contributed by atoms with Crippen LogP contribution in [-0.2, 0) is 16.6 Å². The number of hydrogen-bond donors (Lipinski definition) is 1. The molecule has 1 aromatic carbocycles. The van der Waals surface area contributed by atoms with Gasteiger partial charge in [-0.1, -0.05) is 29.8 Å². The first-order valence-electron chi connectivity index (χ1n) is 8.71. The topological polar surface area (TPSA) is 74.0 Å². The minimum Gasteiger partial charge on any atom is -0.460 e. The van der Waals surface area contributed by atoms with Crippen molar-refractivity contribution in [3.8, 4) is 11.3 Å². The molecule has 1 fully saturated rings. The van der Waals surface area contributed by atoms with Crippen molar-refractivity contribution in [3.63, 3.8) is 0 Å². The molecule has 2 atom stereocenters. The fourth-order valence-electron chi connectivity index (χ4n) is 3.21. The van der Waals surface area contributed by atoms with E-state index in [1.54, 1.807) is 0 Å². The second kappa shape index (κ2) is 7.52. The Morgan fingerprint density at radius 1 is 1.15 bits per heavy atom. The van der Waals surface area contributed by atoms with Crippen molar-refractivity contribution < 1.29 is 17.9 Å². The van der Waals surface area contributed by atoms with Crippen LogP contribution in [0.4, 0.5) is 0 Å². The number of likely N-dealkylation sites (tertiary alicyclic amines) is 1. The summed E-state index contributed by atoms with van der Waals surface area (Å²) in [7, 11) is -0.288. The van der Waals surface area contributed by atoms with E-state index in [1.165, 1.54) is 24.0 Å². The van der Waals surface area contributed by atoms with Crippen molar-refractivity contribution in [2.75, 3.05) is 32.9 Å². The van der Waals surface area contributed by atoms with Crippen molar-refractivity contribution in [2.24, 2.45) is 5.92 Å². The molecule has 3 rings (SSSR count). The highest BCUT2D eigenvalue weighted by molar-refractivity contribution is 7.89. The molecule has 0 amide bonds. The molecule has 1 aliphatic rings. The van der Waals surface area contributed by atoms with Crippen LogP contribution in [0.2, 0.25) is 0 Å². The molecule has 2 aromatic rings. The Bertz CT molecular complexity index is 843. The van der Waals surface area contributed by atoms with E-state index in [9.17, 15) is 13.5 Å². The Morgan fingerprint density at radius 2 is 1.85 bits per heavy atom. The molecule has 1 aromatic heterocycles. The summed E-state index contributed by atoms with van der Waals surface area (Å²) in [6, 6.07) is 12.0. The Balaban J connectivity index is 1.63. The fourth-order valence-corrected chi connectivity index (χ4v) is 4.38. The molecule has 0 saturated carbocycles. The predicted molar refractivity (Wildman–Crippen MR) is 101 cm³/mol. The van der Waals surface area contributed by atoms with Crippen molar-refractivity contribution in [1.29, 1.82) is 0 Å². The molecule has 0 unspecified atom stereocenters. The number of rotatable bonds is 6. The molecular weight excluding hydrogens is 352 g/mol. The highest BCUT2D eigenvalue weighted by Crippen LogP contribution is 2.26. The molecule has 6 nitrogen and oxygen atoms in total. The second-order valence-corrected chi connectivity index (χ2v) is 9.44. The smallest absolute Gasteiger partial charge is 0.214 e. The molecule has 0 aliphatic carbocycles. The van der Waals surface area contributed by atoms with E-state index in [1.807, 2.05) is 48.2 Å². The summed E-state index contributed by atoms with van der Waals surface area (Å²) in [5.74, 6) is 1.30. The maximum atomic E-state index is 12.1. The third-order valence-corrected chi connectivity index (χ3v) is 6.80. The summed E-state index contributed by atoms with van der Waals surface area (Å²) >= 11 is 0. The minimum absolute atomic E-state index is 0.0373. The van der Waals surface area contributed by atoms with E-state index >= 15 is 0 Å². The van der Waals surface area contributed by atoms with Gasteiger partial charge >= 0.3 is 0 Å². The van der Waals surface area contributed by atoms with Crippen molar-refractivity contribution >= 4 is 10.0 Å². The van der Waals surface area contributed by atoms with Crippen LogP contribution in [-0.4, -0.2) is 61.8 Å². The lowest BCUT2D eigenvalue weighted by atomic mass is 10.1. The summed E-state index contributed by atoms with van der Waals surface area (Å²) in [5, 5.41) is 10.2. The average molecular weight is 378 g/mol. The lowest BCUT2D eigenvalue weighted by Gasteiger charge is -2.17. The van der Waals surface area contributed by atoms with Crippen LogP contribution in [0.5, 0.6) is 0 Å². The van der Waals surface area contributed by atoms with E-state index in [4.69, 9.17) is 4.42 Å². The van der Waals surface area contributed by atoms with E-state index in [0.29, 0.717) is 19.6 Å². The zero-order valence-corrected chi connectivity index (χ0v) is 16.2. The molecule has 1 saturated heterocycles. The average Bonchev–Trinajstić information content (AvgIpc) is 3.15. The van der Waals surface area contributed by atoms with Gasteiger partial charge in [0.1, 0.15) is 11.5 Å². The van der Waals surface area contributed by atoms with Crippen molar-refractivity contribution in [2.45, 2.75) is 19.6 Å². The van der Waals surface area contributed by atoms with E-state index in [-0.39, 0.29) is 11.7 Å². The van der Waals surface area contributed by atoms with Gasteiger partial charge in [0.15, 0.2) is 0 Å². The fraction of sp³-hybridized carbons (Fsp3) is 0.474. The van der Waals surface area contributed by atoms with Crippen LogP contribution in [0, 0.1) is 12.8 Å². The molecule has 142 valence electrons. The first-order chi connectivity index (χ1) is 12.2. The first kappa shape index (κ1) is 19.1. The van der Waals surface area contributed by atoms with Gasteiger partial charge in [-0.2, -0.15) is 0 Å². The summed E-state index contributed by atoms with van der Waals surface area (Å²) in [5.41, 5.74) is 2.23. The third kappa shape index (κ3) is 4.35. The molecule has 26 heavy (non-hydrogen) atoms. The first-order valence-corrected chi connectivity index (χ1v) is 10.3. The van der Waals surface area contributed by atoms with E-state index in [2.05, 4.69) is 0 Å². The maximum absolute atomic E-state index is 12.1. The summed E-state index contributed by atoms with van der Waals surface area (Å²) in [6.45, 7) is 3.59. The van der Waals surface area contributed by atoms with Crippen LogP contribution in [0.25, 0.3) is 11.3 Å². The lowest BCUT2D eigenvalue weighted by Crippen LogP contribution is -2.33. The van der Waals surface area contributed by atoms with Crippen LogP contribution in [0.3, 0.4) is 0 Å². The van der Waals surface area contributed by atoms with Gasteiger partial charge in [0, 0.05) is 38.7 Å². The van der Waals surface area contributed by atoms with Gasteiger partial charge in [-0.25, -0.2) is 12.7 Å². The van der Waals surface area contributed by atoms with E-state index in [0.717, 1.165) is 17.1 Å². The van der Waals surface area contributed by atoms with Gasteiger partial charge in [-0.3, -0.25) is 4.90 Å². The molecular formula is C19H26N2O4S. The monoisotopic (exact) mass is 378 g/mol. The van der Waals surface area contributed by atoms with Crippen LogP contribution < -0.4 is 0 Å². The summed E-state index contributed by atoms with van der Waals surface area (Å²) in [4.78, 5) is 2.04.